The maximum atomic E-state index is 5.85. The molecule has 0 saturated carbocycles. The standard InChI is InChI=1S/C14H20N2O2/c1-2-4-12(5-3-1)14-17-10-13(11-18-14)16-8-6-15-7-9-16/h1-5,13-15H,6-11H2. The summed E-state index contributed by atoms with van der Waals surface area (Å²) in [6, 6.07) is 10.6. The van der Waals surface area contributed by atoms with Crippen LogP contribution in [0.3, 0.4) is 0 Å². The molecule has 4 heteroatoms. The predicted octanol–water partition coefficient (Wildman–Crippen LogP) is 1.01. The second-order valence-corrected chi connectivity index (χ2v) is 4.85. The molecule has 1 aromatic rings. The highest BCUT2D eigenvalue weighted by Crippen LogP contribution is 2.24. The van der Waals surface area contributed by atoms with Gasteiger partial charge in [0.15, 0.2) is 6.29 Å². The van der Waals surface area contributed by atoms with E-state index in [1.165, 1.54) is 0 Å². The van der Waals surface area contributed by atoms with Crippen LogP contribution in [0.5, 0.6) is 0 Å². The predicted molar refractivity (Wildman–Crippen MR) is 69.3 cm³/mol. The molecule has 2 saturated heterocycles. The Hall–Kier alpha value is -0.940. The molecule has 0 bridgehead atoms. The summed E-state index contributed by atoms with van der Waals surface area (Å²) >= 11 is 0. The molecule has 0 spiro atoms. The molecule has 2 aliphatic heterocycles. The average molecular weight is 248 g/mol. The molecule has 0 aromatic heterocycles. The minimum absolute atomic E-state index is 0.189. The van der Waals surface area contributed by atoms with Gasteiger partial charge in [0.05, 0.1) is 19.3 Å². The lowest BCUT2D eigenvalue weighted by molar-refractivity contribution is -0.209. The molecule has 0 unspecified atom stereocenters. The van der Waals surface area contributed by atoms with Gasteiger partial charge in [-0.15, -0.1) is 0 Å². The molecular weight excluding hydrogens is 228 g/mol. The molecule has 2 fully saturated rings. The minimum atomic E-state index is -0.189. The number of nitrogens with zero attached hydrogens (tertiary/aromatic N) is 1. The molecule has 98 valence electrons. The summed E-state index contributed by atoms with van der Waals surface area (Å²) in [5.74, 6) is 0. The molecule has 4 nitrogen and oxygen atoms in total. The van der Waals surface area contributed by atoms with E-state index in [1.54, 1.807) is 0 Å². The van der Waals surface area contributed by atoms with Crippen LogP contribution in [0.4, 0.5) is 0 Å². The van der Waals surface area contributed by atoms with Crippen molar-refractivity contribution in [3.63, 3.8) is 0 Å². The number of benzene rings is 1. The van der Waals surface area contributed by atoms with Crippen LogP contribution < -0.4 is 5.32 Å². The van der Waals surface area contributed by atoms with E-state index in [0.717, 1.165) is 45.0 Å². The lowest BCUT2D eigenvalue weighted by atomic mass is 10.2. The first-order chi connectivity index (χ1) is 8.93. The monoisotopic (exact) mass is 248 g/mol. The summed E-state index contributed by atoms with van der Waals surface area (Å²) in [5, 5.41) is 3.37. The quantitative estimate of drug-likeness (QED) is 0.847. The maximum Gasteiger partial charge on any atom is 0.183 e. The molecule has 18 heavy (non-hydrogen) atoms. The Morgan fingerprint density at radius 1 is 1.00 bits per heavy atom. The fourth-order valence-corrected chi connectivity index (χ4v) is 2.55. The van der Waals surface area contributed by atoms with Gasteiger partial charge in [0.1, 0.15) is 0 Å². The Labute approximate surface area is 108 Å². The molecular formula is C14H20N2O2. The largest absolute Gasteiger partial charge is 0.347 e. The van der Waals surface area contributed by atoms with Crippen LogP contribution in [0.15, 0.2) is 30.3 Å². The van der Waals surface area contributed by atoms with E-state index in [2.05, 4.69) is 22.3 Å². The number of rotatable bonds is 2. The van der Waals surface area contributed by atoms with Gasteiger partial charge in [-0.3, -0.25) is 4.90 Å². The summed E-state index contributed by atoms with van der Waals surface area (Å²) in [4.78, 5) is 2.46. The van der Waals surface area contributed by atoms with Crippen molar-refractivity contribution in [1.29, 1.82) is 0 Å². The van der Waals surface area contributed by atoms with Gasteiger partial charge in [-0.1, -0.05) is 30.3 Å². The Morgan fingerprint density at radius 3 is 2.33 bits per heavy atom. The summed E-state index contributed by atoms with van der Waals surface area (Å²) in [7, 11) is 0. The SMILES string of the molecule is c1ccc(C2OCC(N3CCNCC3)CO2)cc1. The van der Waals surface area contributed by atoms with Gasteiger partial charge in [0.2, 0.25) is 0 Å². The van der Waals surface area contributed by atoms with Crippen LogP contribution in [0.1, 0.15) is 11.9 Å². The van der Waals surface area contributed by atoms with E-state index in [-0.39, 0.29) is 6.29 Å². The molecule has 0 radical (unpaired) electrons. The van der Waals surface area contributed by atoms with E-state index in [9.17, 15) is 0 Å². The first-order valence-corrected chi connectivity index (χ1v) is 6.66. The maximum absolute atomic E-state index is 5.85. The van der Waals surface area contributed by atoms with Gasteiger partial charge >= 0.3 is 0 Å². The zero-order valence-electron chi connectivity index (χ0n) is 10.5. The molecule has 0 aliphatic carbocycles. The fourth-order valence-electron chi connectivity index (χ4n) is 2.55. The van der Waals surface area contributed by atoms with E-state index in [1.807, 2.05) is 18.2 Å². The molecule has 3 rings (SSSR count). The Kier molecular flexibility index (Phi) is 3.90. The van der Waals surface area contributed by atoms with Crippen LogP contribution >= 0.6 is 0 Å². The highest BCUT2D eigenvalue weighted by atomic mass is 16.7. The topological polar surface area (TPSA) is 33.7 Å². The summed E-state index contributed by atoms with van der Waals surface area (Å²) < 4.78 is 11.7. The van der Waals surface area contributed by atoms with Crippen molar-refractivity contribution in [1.82, 2.24) is 10.2 Å². The third kappa shape index (κ3) is 2.72. The van der Waals surface area contributed by atoms with Crippen molar-refractivity contribution in [2.75, 3.05) is 39.4 Å². The molecule has 0 atom stereocenters. The van der Waals surface area contributed by atoms with Crippen molar-refractivity contribution in [2.45, 2.75) is 12.3 Å². The lowest BCUT2D eigenvalue weighted by Crippen LogP contribution is -2.53. The van der Waals surface area contributed by atoms with Gasteiger partial charge < -0.3 is 14.8 Å². The van der Waals surface area contributed by atoms with Crippen LogP contribution in [-0.2, 0) is 9.47 Å². The molecule has 1 aromatic carbocycles. The summed E-state index contributed by atoms with van der Waals surface area (Å²) in [5.41, 5.74) is 1.11. The van der Waals surface area contributed by atoms with Crippen molar-refractivity contribution >= 4 is 0 Å². The highest BCUT2D eigenvalue weighted by molar-refractivity contribution is 5.16. The molecule has 0 amide bonds. The van der Waals surface area contributed by atoms with Crippen molar-refractivity contribution in [2.24, 2.45) is 0 Å². The zero-order valence-corrected chi connectivity index (χ0v) is 10.5. The van der Waals surface area contributed by atoms with Crippen molar-refractivity contribution in [3.8, 4) is 0 Å². The smallest absolute Gasteiger partial charge is 0.183 e. The number of piperazine rings is 1. The van der Waals surface area contributed by atoms with Crippen LogP contribution in [-0.4, -0.2) is 50.3 Å². The Morgan fingerprint density at radius 2 is 1.67 bits per heavy atom. The van der Waals surface area contributed by atoms with Crippen molar-refractivity contribution < 1.29 is 9.47 Å². The van der Waals surface area contributed by atoms with Gasteiger partial charge in [-0.2, -0.15) is 0 Å². The number of hydrogen-bond acceptors (Lipinski definition) is 4. The summed E-state index contributed by atoms with van der Waals surface area (Å²) in [6.07, 6.45) is -0.189. The number of nitrogens with one attached hydrogen (secondary N) is 1. The molecule has 1 N–H and O–H groups in total. The average Bonchev–Trinajstić information content (AvgIpc) is 2.49. The summed E-state index contributed by atoms with van der Waals surface area (Å²) in [6.45, 7) is 5.84. The van der Waals surface area contributed by atoms with E-state index < -0.39 is 0 Å². The number of hydrogen-bond donors (Lipinski definition) is 1. The lowest BCUT2D eigenvalue weighted by Gasteiger charge is -2.38. The first kappa shape index (κ1) is 12.1. The van der Waals surface area contributed by atoms with Crippen LogP contribution in [0.2, 0.25) is 0 Å². The number of ether oxygens (including phenoxy) is 2. The highest BCUT2D eigenvalue weighted by Gasteiger charge is 2.28. The normalized spacial score (nSPS) is 30.2. The van der Waals surface area contributed by atoms with Gasteiger partial charge in [-0.05, 0) is 0 Å². The van der Waals surface area contributed by atoms with E-state index in [4.69, 9.17) is 9.47 Å². The fraction of sp³-hybridized carbons (Fsp3) is 0.571. The third-order valence-corrected chi connectivity index (χ3v) is 3.62. The first-order valence-electron chi connectivity index (χ1n) is 6.66. The molecule has 2 heterocycles. The van der Waals surface area contributed by atoms with Crippen molar-refractivity contribution in [3.05, 3.63) is 35.9 Å². The Bertz CT molecular complexity index is 357. The second kappa shape index (κ2) is 5.80. The van der Waals surface area contributed by atoms with E-state index >= 15 is 0 Å². The third-order valence-electron chi connectivity index (χ3n) is 3.62. The zero-order chi connectivity index (χ0) is 12.2. The second-order valence-electron chi connectivity index (χ2n) is 4.85. The van der Waals surface area contributed by atoms with Gasteiger partial charge in [-0.25, -0.2) is 0 Å². The van der Waals surface area contributed by atoms with Crippen LogP contribution in [0, 0.1) is 0 Å². The molecule has 2 aliphatic rings. The van der Waals surface area contributed by atoms with E-state index in [0.29, 0.717) is 6.04 Å². The minimum Gasteiger partial charge on any atom is -0.347 e. The van der Waals surface area contributed by atoms with Crippen LogP contribution in [0.25, 0.3) is 0 Å². The Balaban J connectivity index is 1.54. The van der Waals surface area contributed by atoms with Gasteiger partial charge in [0, 0.05) is 31.7 Å². The van der Waals surface area contributed by atoms with Gasteiger partial charge in [0.25, 0.3) is 0 Å².